The van der Waals surface area contributed by atoms with E-state index in [-0.39, 0.29) is 17.1 Å². The number of ether oxygens (including phenoxy) is 1. The number of hydrogen-bond donors (Lipinski definition) is 0. The van der Waals surface area contributed by atoms with Crippen LogP contribution in [0.3, 0.4) is 0 Å². The second kappa shape index (κ2) is 5.75. The van der Waals surface area contributed by atoms with E-state index in [4.69, 9.17) is 16.3 Å². The van der Waals surface area contributed by atoms with Crippen LogP contribution >= 0.6 is 27.5 Å². The molecule has 3 atom stereocenters. The molecule has 0 spiro atoms. The molecule has 2 aromatic rings. The molecule has 0 amide bonds. The average molecular weight is 406 g/mol. The smallest absolute Gasteiger partial charge is 0.311 e. The van der Waals surface area contributed by atoms with Crippen LogP contribution in [0.25, 0.3) is 10.9 Å². The third kappa shape index (κ3) is 2.47. The minimum Gasteiger partial charge on any atom is -0.379 e. The van der Waals surface area contributed by atoms with Crippen molar-refractivity contribution in [2.24, 2.45) is 5.92 Å². The molecule has 1 saturated carbocycles. The van der Waals surface area contributed by atoms with Gasteiger partial charge in [-0.25, -0.2) is 14.4 Å². The summed E-state index contributed by atoms with van der Waals surface area (Å²) in [7, 11) is 0. The van der Waals surface area contributed by atoms with E-state index in [1.54, 1.807) is 4.90 Å². The maximum Gasteiger partial charge on any atom is 0.311 e. The van der Waals surface area contributed by atoms with Crippen LogP contribution in [0.5, 0.6) is 0 Å². The van der Waals surface area contributed by atoms with Gasteiger partial charge in [0.2, 0.25) is 0 Å². The van der Waals surface area contributed by atoms with E-state index in [2.05, 4.69) is 30.9 Å². The Morgan fingerprint density at radius 1 is 1.43 bits per heavy atom. The van der Waals surface area contributed by atoms with Crippen LogP contribution in [-0.2, 0) is 10.1 Å². The van der Waals surface area contributed by atoms with Gasteiger partial charge in [0.25, 0.3) is 0 Å². The predicted octanol–water partition coefficient (Wildman–Crippen LogP) is 2.89. The second-order valence-electron chi connectivity index (χ2n) is 5.61. The third-order valence-corrected chi connectivity index (χ3v) is 5.21. The molecule has 1 aliphatic carbocycles. The first-order valence-electron chi connectivity index (χ1n) is 7.17. The van der Waals surface area contributed by atoms with Gasteiger partial charge < -0.3 is 9.64 Å². The molecule has 3 heterocycles. The quantitative estimate of drug-likeness (QED) is 0.437. The van der Waals surface area contributed by atoms with E-state index in [0.717, 1.165) is 0 Å². The lowest BCUT2D eigenvalue weighted by Crippen LogP contribution is -2.31. The standard InChI is InChI=1S/C14H12BrClF2N4O/c15-3-6-10-7(4-19-12(6)16)13(21-14(18)20-10)22-1-2-23-5-8-9(17)11(8)22/h4,8-9,11H,1-3,5H2/t8-,9-,11-/m0/s1. The fourth-order valence-electron chi connectivity index (χ4n) is 3.10. The molecule has 4 rings (SSSR count). The van der Waals surface area contributed by atoms with Crippen LogP contribution in [0, 0.1) is 12.0 Å². The Kier molecular flexibility index (Phi) is 3.85. The van der Waals surface area contributed by atoms with Crippen LogP contribution < -0.4 is 4.90 Å². The van der Waals surface area contributed by atoms with Crippen molar-refractivity contribution >= 4 is 44.3 Å². The van der Waals surface area contributed by atoms with E-state index in [1.807, 2.05) is 0 Å². The van der Waals surface area contributed by atoms with Gasteiger partial charge in [0.1, 0.15) is 17.1 Å². The van der Waals surface area contributed by atoms with Gasteiger partial charge in [0.05, 0.1) is 30.2 Å². The summed E-state index contributed by atoms with van der Waals surface area (Å²) in [5.41, 5.74) is 0.976. The first kappa shape index (κ1) is 15.4. The van der Waals surface area contributed by atoms with Crippen LogP contribution in [0.4, 0.5) is 14.6 Å². The Hall–Kier alpha value is -1.12. The topological polar surface area (TPSA) is 51.1 Å². The van der Waals surface area contributed by atoms with Crippen molar-refractivity contribution in [1.29, 1.82) is 0 Å². The van der Waals surface area contributed by atoms with Gasteiger partial charge in [-0.05, 0) is 0 Å². The van der Waals surface area contributed by atoms with E-state index in [9.17, 15) is 8.78 Å². The molecule has 2 fully saturated rings. The molecule has 1 aliphatic heterocycles. The molecule has 0 aromatic carbocycles. The van der Waals surface area contributed by atoms with Crippen molar-refractivity contribution in [3.8, 4) is 0 Å². The first-order chi connectivity index (χ1) is 11.1. The van der Waals surface area contributed by atoms with Crippen LogP contribution in [0.1, 0.15) is 5.56 Å². The number of nitrogens with zero attached hydrogens (tertiary/aromatic N) is 4. The molecule has 122 valence electrons. The molecular formula is C14H12BrClF2N4O. The predicted molar refractivity (Wildman–Crippen MR) is 85.3 cm³/mol. The number of fused-ring (bicyclic) bond motifs is 2. The highest BCUT2D eigenvalue weighted by Crippen LogP contribution is 2.44. The number of pyridine rings is 1. The number of halogens is 4. The maximum absolute atomic E-state index is 14.0. The molecule has 23 heavy (non-hydrogen) atoms. The average Bonchev–Trinajstić information content (AvgIpc) is 3.21. The van der Waals surface area contributed by atoms with Gasteiger partial charge in [-0.1, -0.05) is 27.5 Å². The highest BCUT2D eigenvalue weighted by atomic mass is 79.9. The number of aromatic nitrogens is 3. The summed E-state index contributed by atoms with van der Waals surface area (Å²) in [4.78, 5) is 13.7. The first-order valence-corrected chi connectivity index (χ1v) is 8.66. The molecule has 0 N–H and O–H groups in total. The minimum atomic E-state index is -0.987. The Balaban J connectivity index is 1.89. The van der Waals surface area contributed by atoms with E-state index in [0.29, 0.717) is 47.4 Å². The van der Waals surface area contributed by atoms with Crippen LogP contribution in [0.15, 0.2) is 6.20 Å². The number of alkyl halides is 2. The SMILES string of the molecule is Fc1nc(N2CCOC[C@H]3[C@H](F)[C@H]32)c2cnc(Cl)c(CBr)c2n1. The lowest BCUT2D eigenvalue weighted by atomic mass is 10.2. The van der Waals surface area contributed by atoms with Gasteiger partial charge in [0, 0.05) is 29.6 Å². The zero-order valence-corrected chi connectivity index (χ0v) is 14.2. The molecule has 2 aromatic heterocycles. The van der Waals surface area contributed by atoms with E-state index in [1.165, 1.54) is 6.20 Å². The van der Waals surface area contributed by atoms with Crippen molar-refractivity contribution in [3.05, 3.63) is 23.0 Å². The summed E-state index contributed by atoms with van der Waals surface area (Å²) >= 11 is 9.38. The van der Waals surface area contributed by atoms with Gasteiger partial charge in [-0.2, -0.15) is 9.37 Å². The van der Waals surface area contributed by atoms with E-state index < -0.39 is 12.2 Å². The van der Waals surface area contributed by atoms with Crippen LogP contribution in [-0.4, -0.2) is 46.9 Å². The highest BCUT2D eigenvalue weighted by Gasteiger charge is 2.56. The summed E-state index contributed by atoms with van der Waals surface area (Å²) < 4.78 is 33.4. The Morgan fingerprint density at radius 2 is 2.26 bits per heavy atom. The summed E-state index contributed by atoms with van der Waals surface area (Å²) in [6.45, 7) is 1.27. The maximum atomic E-state index is 14.0. The molecule has 0 radical (unpaired) electrons. The lowest BCUT2D eigenvalue weighted by Gasteiger charge is -2.23. The molecule has 2 aliphatic rings. The minimum absolute atomic E-state index is 0.193. The van der Waals surface area contributed by atoms with Crippen LogP contribution in [0.2, 0.25) is 5.15 Å². The largest absolute Gasteiger partial charge is 0.379 e. The van der Waals surface area contributed by atoms with Crippen molar-refractivity contribution in [1.82, 2.24) is 15.0 Å². The third-order valence-electron chi connectivity index (χ3n) is 4.33. The van der Waals surface area contributed by atoms with Crippen molar-refractivity contribution in [3.63, 3.8) is 0 Å². The van der Waals surface area contributed by atoms with E-state index >= 15 is 0 Å². The van der Waals surface area contributed by atoms with Crippen molar-refractivity contribution < 1.29 is 13.5 Å². The second-order valence-corrected chi connectivity index (χ2v) is 6.53. The Labute approximate surface area is 144 Å². The van der Waals surface area contributed by atoms with Crippen molar-refractivity contribution in [2.45, 2.75) is 17.5 Å². The summed E-state index contributed by atoms with van der Waals surface area (Å²) in [6, 6.07) is -0.335. The van der Waals surface area contributed by atoms with Gasteiger partial charge in [-0.15, -0.1) is 0 Å². The summed E-state index contributed by atoms with van der Waals surface area (Å²) in [5, 5.41) is 1.20. The zero-order chi connectivity index (χ0) is 16.1. The molecule has 0 unspecified atom stereocenters. The van der Waals surface area contributed by atoms with Gasteiger partial charge >= 0.3 is 6.08 Å². The fraction of sp³-hybridized carbons (Fsp3) is 0.500. The monoisotopic (exact) mass is 404 g/mol. The molecule has 9 heteroatoms. The molecule has 5 nitrogen and oxygen atoms in total. The number of rotatable bonds is 2. The Morgan fingerprint density at radius 3 is 3.04 bits per heavy atom. The van der Waals surface area contributed by atoms with Gasteiger partial charge in [0.15, 0.2) is 0 Å². The Bertz CT molecular complexity index is 780. The van der Waals surface area contributed by atoms with Crippen molar-refractivity contribution in [2.75, 3.05) is 24.7 Å². The summed E-state index contributed by atoms with van der Waals surface area (Å²) in [5.74, 6) is 0.154. The molecular weight excluding hydrogens is 394 g/mol. The summed E-state index contributed by atoms with van der Waals surface area (Å²) in [6.07, 6.45) is -0.344. The fourth-order valence-corrected chi connectivity index (χ4v) is 4.00. The highest BCUT2D eigenvalue weighted by molar-refractivity contribution is 9.08. The molecule has 0 bridgehead atoms. The number of hydrogen-bond acceptors (Lipinski definition) is 5. The normalized spacial score (nSPS) is 27.0. The molecule has 1 saturated heterocycles. The number of anilines is 1. The lowest BCUT2D eigenvalue weighted by molar-refractivity contribution is 0.130. The zero-order valence-electron chi connectivity index (χ0n) is 11.8. The van der Waals surface area contributed by atoms with Gasteiger partial charge in [-0.3, -0.25) is 0 Å².